The van der Waals surface area contributed by atoms with Gasteiger partial charge in [0.25, 0.3) is 5.56 Å². The molecule has 0 radical (unpaired) electrons. The number of fused-ring (bicyclic) bond motifs is 1. The Labute approximate surface area is 180 Å². The van der Waals surface area contributed by atoms with Crippen LogP contribution in [0.15, 0.2) is 41.3 Å². The van der Waals surface area contributed by atoms with Crippen molar-refractivity contribution in [1.82, 2.24) is 20.1 Å². The fourth-order valence-electron chi connectivity index (χ4n) is 3.84. The zero-order valence-corrected chi connectivity index (χ0v) is 17.8. The van der Waals surface area contributed by atoms with Crippen LogP contribution < -0.4 is 15.8 Å². The number of aromatic amines is 1. The van der Waals surface area contributed by atoms with Crippen molar-refractivity contribution in [3.05, 3.63) is 57.5 Å². The standard InChI is InChI=1S/C22H26ClN5O2/c1-15-7-10-27(11-8-15)20-4-5-22(30)28(26-20)14-21(29)24-9-6-16-13-25-19-3-2-17(23)12-18(16)19/h2-5,12-13,15,25H,6-11,14H2,1H3,(H,24,29). The van der Waals surface area contributed by atoms with Crippen molar-refractivity contribution in [3.8, 4) is 0 Å². The van der Waals surface area contributed by atoms with Gasteiger partial charge in [-0.3, -0.25) is 9.59 Å². The summed E-state index contributed by atoms with van der Waals surface area (Å²) in [5, 5.41) is 9.04. The minimum Gasteiger partial charge on any atom is -0.361 e. The first kappa shape index (κ1) is 20.5. The van der Waals surface area contributed by atoms with E-state index in [4.69, 9.17) is 11.6 Å². The summed E-state index contributed by atoms with van der Waals surface area (Å²) in [4.78, 5) is 29.9. The van der Waals surface area contributed by atoms with Crippen LogP contribution in [0.3, 0.4) is 0 Å². The summed E-state index contributed by atoms with van der Waals surface area (Å²) in [5.74, 6) is 1.24. The molecule has 2 N–H and O–H groups in total. The summed E-state index contributed by atoms with van der Waals surface area (Å²) < 4.78 is 1.24. The first-order chi connectivity index (χ1) is 14.5. The van der Waals surface area contributed by atoms with E-state index in [0.717, 1.165) is 48.2 Å². The van der Waals surface area contributed by atoms with Gasteiger partial charge in [-0.2, -0.15) is 5.10 Å². The Bertz CT molecular complexity index is 1100. The van der Waals surface area contributed by atoms with Crippen LogP contribution in [0.5, 0.6) is 0 Å². The maximum absolute atomic E-state index is 12.4. The second kappa shape index (κ2) is 8.92. The Kier molecular flexibility index (Phi) is 6.08. The molecule has 0 aliphatic carbocycles. The number of amides is 1. The third-order valence-electron chi connectivity index (χ3n) is 5.70. The second-order valence-electron chi connectivity index (χ2n) is 7.96. The first-order valence-corrected chi connectivity index (χ1v) is 10.7. The molecular weight excluding hydrogens is 402 g/mol. The average Bonchev–Trinajstić information content (AvgIpc) is 3.12. The van der Waals surface area contributed by atoms with E-state index < -0.39 is 0 Å². The van der Waals surface area contributed by atoms with E-state index >= 15 is 0 Å². The molecule has 0 saturated carbocycles. The van der Waals surface area contributed by atoms with Crippen LogP contribution in [-0.4, -0.2) is 40.3 Å². The predicted octanol–water partition coefficient (Wildman–Crippen LogP) is 2.97. The van der Waals surface area contributed by atoms with Crippen LogP contribution in [-0.2, 0) is 17.8 Å². The van der Waals surface area contributed by atoms with Gasteiger partial charge in [-0.25, -0.2) is 4.68 Å². The molecule has 1 aromatic carbocycles. The molecule has 30 heavy (non-hydrogen) atoms. The highest BCUT2D eigenvalue weighted by atomic mass is 35.5. The number of halogens is 1. The molecule has 8 heteroatoms. The molecule has 1 aliphatic rings. The first-order valence-electron chi connectivity index (χ1n) is 10.3. The summed E-state index contributed by atoms with van der Waals surface area (Å²) >= 11 is 6.09. The minimum absolute atomic E-state index is 0.0867. The van der Waals surface area contributed by atoms with Crippen LogP contribution in [0.25, 0.3) is 10.9 Å². The van der Waals surface area contributed by atoms with E-state index in [9.17, 15) is 9.59 Å². The van der Waals surface area contributed by atoms with E-state index in [1.165, 1.54) is 10.7 Å². The van der Waals surface area contributed by atoms with Gasteiger partial charge in [-0.05, 0) is 55.0 Å². The topological polar surface area (TPSA) is 83.0 Å². The molecule has 3 heterocycles. The van der Waals surface area contributed by atoms with Gasteiger partial charge in [0, 0.05) is 47.8 Å². The zero-order valence-electron chi connectivity index (χ0n) is 17.0. The molecule has 1 amide bonds. The highest BCUT2D eigenvalue weighted by molar-refractivity contribution is 6.31. The smallest absolute Gasteiger partial charge is 0.267 e. The molecule has 158 valence electrons. The van der Waals surface area contributed by atoms with E-state index in [1.54, 1.807) is 6.07 Å². The van der Waals surface area contributed by atoms with Crippen molar-refractivity contribution in [2.45, 2.75) is 32.7 Å². The van der Waals surface area contributed by atoms with Crippen molar-refractivity contribution in [1.29, 1.82) is 0 Å². The van der Waals surface area contributed by atoms with Gasteiger partial charge in [0.15, 0.2) is 0 Å². The number of nitrogens with one attached hydrogen (secondary N) is 2. The number of piperidine rings is 1. The van der Waals surface area contributed by atoms with Crippen LogP contribution in [0.1, 0.15) is 25.3 Å². The number of carbonyl (C=O) groups excluding carboxylic acids is 1. The van der Waals surface area contributed by atoms with Crippen molar-refractivity contribution in [2.24, 2.45) is 5.92 Å². The fourth-order valence-corrected chi connectivity index (χ4v) is 4.02. The molecule has 0 unspecified atom stereocenters. The Balaban J connectivity index is 1.35. The molecule has 7 nitrogen and oxygen atoms in total. The maximum atomic E-state index is 12.4. The molecule has 0 spiro atoms. The summed E-state index contributed by atoms with van der Waals surface area (Å²) in [6.45, 7) is 4.48. The number of anilines is 1. The van der Waals surface area contributed by atoms with Gasteiger partial charge in [0.2, 0.25) is 5.91 Å². The predicted molar refractivity (Wildman–Crippen MR) is 119 cm³/mol. The molecule has 0 bridgehead atoms. The lowest BCUT2D eigenvalue weighted by Crippen LogP contribution is -2.37. The Morgan fingerprint density at radius 1 is 1.27 bits per heavy atom. The highest BCUT2D eigenvalue weighted by Crippen LogP contribution is 2.22. The third-order valence-corrected chi connectivity index (χ3v) is 5.93. The highest BCUT2D eigenvalue weighted by Gasteiger charge is 2.18. The molecular formula is C22H26ClN5O2. The van der Waals surface area contributed by atoms with Gasteiger partial charge < -0.3 is 15.2 Å². The molecule has 0 atom stereocenters. The number of carbonyl (C=O) groups is 1. The lowest BCUT2D eigenvalue weighted by Gasteiger charge is -2.31. The maximum Gasteiger partial charge on any atom is 0.267 e. The summed E-state index contributed by atoms with van der Waals surface area (Å²) in [7, 11) is 0. The number of nitrogens with zero attached hydrogens (tertiary/aromatic N) is 3. The van der Waals surface area contributed by atoms with Crippen molar-refractivity contribution in [2.75, 3.05) is 24.5 Å². The van der Waals surface area contributed by atoms with Gasteiger partial charge in [-0.15, -0.1) is 0 Å². The summed E-state index contributed by atoms with van der Waals surface area (Å²) in [5.41, 5.74) is 1.83. The number of benzene rings is 1. The molecule has 3 aromatic rings. The van der Waals surface area contributed by atoms with E-state index in [2.05, 4.69) is 27.2 Å². The van der Waals surface area contributed by atoms with E-state index in [0.29, 0.717) is 23.9 Å². The summed E-state index contributed by atoms with van der Waals surface area (Å²) in [6, 6.07) is 8.93. The molecule has 1 aliphatic heterocycles. The lowest BCUT2D eigenvalue weighted by molar-refractivity contribution is -0.121. The van der Waals surface area contributed by atoms with Gasteiger partial charge in [0.1, 0.15) is 12.4 Å². The lowest BCUT2D eigenvalue weighted by atomic mass is 9.99. The molecule has 4 rings (SSSR count). The average molecular weight is 428 g/mol. The van der Waals surface area contributed by atoms with Gasteiger partial charge in [0.05, 0.1) is 0 Å². The molecule has 1 fully saturated rings. The molecule has 1 saturated heterocycles. The molecule has 2 aromatic heterocycles. The largest absolute Gasteiger partial charge is 0.361 e. The number of hydrogen-bond acceptors (Lipinski definition) is 4. The third kappa shape index (κ3) is 4.67. The van der Waals surface area contributed by atoms with Gasteiger partial charge >= 0.3 is 0 Å². The van der Waals surface area contributed by atoms with Crippen molar-refractivity contribution >= 4 is 34.2 Å². The van der Waals surface area contributed by atoms with Crippen LogP contribution in [0.4, 0.5) is 5.82 Å². The zero-order chi connectivity index (χ0) is 21.1. The SMILES string of the molecule is CC1CCN(c2ccc(=O)n(CC(=O)NCCc3c[nH]c4ccc(Cl)cc34)n2)CC1. The van der Waals surface area contributed by atoms with Crippen LogP contribution >= 0.6 is 11.6 Å². The Morgan fingerprint density at radius 3 is 2.87 bits per heavy atom. The van der Waals surface area contributed by atoms with Gasteiger partial charge in [-0.1, -0.05) is 18.5 Å². The van der Waals surface area contributed by atoms with Crippen molar-refractivity contribution in [3.63, 3.8) is 0 Å². The minimum atomic E-state index is -0.273. The van der Waals surface area contributed by atoms with Crippen LogP contribution in [0.2, 0.25) is 5.02 Å². The Morgan fingerprint density at radius 2 is 2.07 bits per heavy atom. The van der Waals surface area contributed by atoms with E-state index in [1.807, 2.05) is 24.4 Å². The quantitative estimate of drug-likeness (QED) is 0.633. The second-order valence-corrected chi connectivity index (χ2v) is 8.40. The fraction of sp³-hybridized carbons (Fsp3) is 0.409. The van der Waals surface area contributed by atoms with E-state index in [-0.39, 0.29) is 18.0 Å². The number of H-pyrrole nitrogens is 1. The summed E-state index contributed by atoms with van der Waals surface area (Å²) in [6.07, 6.45) is 4.82. The normalized spacial score (nSPS) is 14.9. The number of rotatable bonds is 6. The Hall–Kier alpha value is -2.80. The van der Waals surface area contributed by atoms with Crippen LogP contribution in [0, 0.1) is 5.92 Å². The monoisotopic (exact) mass is 427 g/mol. The number of aromatic nitrogens is 3. The number of hydrogen-bond donors (Lipinski definition) is 2. The van der Waals surface area contributed by atoms with Crippen molar-refractivity contribution < 1.29 is 4.79 Å².